The molecule has 22 heavy (non-hydrogen) atoms. The summed E-state index contributed by atoms with van der Waals surface area (Å²) in [4.78, 5) is 14.7. The molecule has 2 aromatic carbocycles. The molecule has 110 valence electrons. The van der Waals surface area contributed by atoms with E-state index in [2.05, 4.69) is 32.6 Å². The Morgan fingerprint density at radius 3 is 2.77 bits per heavy atom. The Kier molecular flexibility index (Phi) is 3.09. The quantitative estimate of drug-likeness (QED) is 0.490. The van der Waals surface area contributed by atoms with Crippen molar-refractivity contribution in [1.29, 1.82) is 0 Å². The zero-order valence-electron chi connectivity index (χ0n) is 12.0. The number of ether oxygens (including phenoxy) is 1. The molecule has 0 fully saturated rings. The van der Waals surface area contributed by atoms with Crippen LogP contribution in [-0.4, -0.2) is 11.7 Å². The molecular formula is C17H12BrNO2S. The average Bonchev–Trinajstić information content (AvgIpc) is 2.52. The highest BCUT2D eigenvalue weighted by Crippen LogP contribution is 2.44. The van der Waals surface area contributed by atoms with Crippen molar-refractivity contribution in [2.45, 2.75) is 16.7 Å². The van der Waals surface area contributed by atoms with Gasteiger partial charge in [0, 0.05) is 26.0 Å². The van der Waals surface area contributed by atoms with E-state index in [0.29, 0.717) is 11.1 Å². The summed E-state index contributed by atoms with van der Waals surface area (Å²) in [5.41, 5.74) is 2.83. The van der Waals surface area contributed by atoms with Gasteiger partial charge >= 0.3 is 0 Å². The lowest BCUT2D eigenvalue weighted by Gasteiger charge is -2.23. The van der Waals surface area contributed by atoms with Crippen molar-refractivity contribution in [3.05, 3.63) is 56.8 Å². The Bertz CT molecular complexity index is 994. The van der Waals surface area contributed by atoms with Crippen LogP contribution in [0.25, 0.3) is 16.6 Å². The van der Waals surface area contributed by atoms with Crippen molar-refractivity contribution < 1.29 is 4.74 Å². The Morgan fingerprint density at radius 1 is 1.18 bits per heavy atom. The van der Waals surface area contributed by atoms with E-state index < -0.39 is 0 Å². The van der Waals surface area contributed by atoms with Crippen molar-refractivity contribution in [3.63, 3.8) is 0 Å². The minimum atomic E-state index is 0.0606. The van der Waals surface area contributed by atoms with Crippen LogP contribution in [0.2, 0.25) is 0 Å². The lowest BCUT2D eigenvalue weighted by molar-refractivity contribution is 0.414. The highest BCUT2D eigenvalue weighted by Gasteiger charge is 2.21. The summed E-state index contributed by atoms with van der Waals surface area (Å²) in [7, 11) is 1.63. The molecule has 0 unspecified atom stereocenters. The predicted octanol–water partition coefficient (Wildman–Crippen LogP) is 4.53. The smallest absolute Gasteiger partial charge is 0.192 e. The first-order valence-corrected chi connectivity index (χ1v) is 8.41. The van der Waals surface area contributed by atoms with Crippen molar-refractivity contribution in [3.8, 4) is 11.4 Å². The second-order valence-corrected chi connectivity index (χ2v) is 7.25. The number of aryl methyl sites for hydroxylation is 1. The van der Waals surface area contributed by atoms with Gasteiger partial charge in [-0.1, -0.05) is 27.7 Å². The molecule has 0 bridgehead atoms. The number of methoxy groups -OCH3 is 1. The lowest BCUT2D eigenvalue weighted by Crippen LogP contribution is -2.14. The van der Waals surface area contributed by atoms with E-state index in [9.17, 15) is 4.79 Å². The van der Waals surface area contributed by atoms with Gasteiger partial charge < -0.3 is 9.30 Å². The highest BCUT2D eigenvalue weighted by atomic mass is 79.9. The van der Waals surface area contributed by atoms with Crippen LogP contribution in [0, 0.1) is 6.92 Å². The van der Waals surface area contributed by atoms with Crippen LogP contribution in [0.4, 0.5) is 0 Å². The second-order valence-electron chi connectivity index (χ2n) is 5.25. The fourth-order valence-electron chi connectivity index (χ4n) is 2.80. The van der Waals surface area contributed by atoms with E-state index in [0.717, 1.165) is 31.0 Å². The lowest BCUT2D eigenvalue weighted by atomic mass is 10.1. The second kappa shape index (κ2) is 4.89. The van der Waals surface area contributed by atoms with Gasteiger partial charge in [0.1, 0.15) is 5.75 Å². The summed E-state index contributed by atoms with van der Waals surface area (Å²) in [5.74, 6) is 0.713. The van der Waals surface area contributed by atoms with Gasteiger partial charge in [0.2, 0.25) is 0 Å². The van der Waals surface area contributed by atoms with E-state index in [1.165, 1.54) is 0 Å². The number of halogens is 1. The molecule has 0 N–H and O–H groups in total. The van der Waals surface area contributed by atoms with Crippen molar-refractivity contribution >= 4 is 38.6 Å². The zero-order chi connectivity index (χ0) is 15.4. The maximum atomic E-state index is 12.5. The zero-order valence-corrected chi connectivity index (χ0v) is 14.4. The summed E-state index contributed by atoms with van der Waals surface area (Å²) < 4.78 is 8.49. The third-order valence-corrected chi connectivity index (χ3v) is 5.44. The molecule has 0 spiro atoms. The summed E-state index contributed by atoms with van der Waals surface area (Å²) >= 11 is 5.20. The summed E-state index contributed by atoms with van der Waals surface area (Å²) in [6, 6.07) is 10.0. The molecule has 1 aliphatic rings. The van der Waals surface area contributed by atoms with Crippen LogP contribution < -0.4 is 10.2 Å². The number of benzene rings is 2. The fraction of sp³-hybridized carbons (Fsp3) is 0.118. The van der Waals surface area contributed by atoms with Gasteiger partial charge in [-0.2, -0.15) is 0 Å². The molecule has 4 rings (SSSR count). The van der Waals surface area contributed by atoms with Gasteiger partial charge in [0.25, 0.3) is 0 Å². The van der Waals surface area contributed by atoms with Crippen LogP contribution >= 0.6 is 27.7 Å². The maximum Gasteiger partial charge on any atom is 0.192 e. The highest BCUT2D eigenvalue weighted by molar-refractivity contribution is 9.10. The van der Waals surface area contributed by atoms with Crippen molar-refractivity contribution in [1.82, 2.24) is 4.57 Å². The van der Waals surface area contributed by atoms with Gasteiger partial charge in [-0.25, -0.2) is 0 Å². The Morgan fingerprint density at radius 2 is 2.00 bits per heavy atom. The number of fused-ring (bicyclic) bond motifs is 2. The van der Waals surface area contributed by atoms with Crippen LogP contribution in [-0.2, 0) is 0 Å². The molecule has 1 aromatic heterocycles. The van der Waals surface area contributed by atoms with E-state index in [1.54, 1.807) is 18.9 Å². The normalized spacial score (nSPS) is 12.3. The molecule has 0 saturated heterocycles. The molecular weight excluding hydrogens is 362 g/mol. The number of aromatic nitrogens is 1. The first-order chi connectivity index (χ1) is 10.6. The molecule has 2 heterocycles. The van der Waals surface area contributed by atoms with E-state index in [4.69, 9.17) is 4.74 Å². The molecule has 1 aliphatic heterocycles. The summed E-state index contributed by atoms with van der Waals surface area (Å²) in [6.45, 7) is 1.85. The van der Waals surface area contributed by atoms with Crippen LogP contribution in [0.15, 0.2) is 55.6 Å². The fourth-order valence-corrected chi connectivity index (χ4v) is 4.27. The molecule has 3 aromatic rings. The van der Waals surface area contributed by atoms with Crippen LogP contribution in [0.5, 0.6) is 5.75 Å². The molecule has 0 atom stereocenters. The Hall–Kier alpha value is -1.72. The monoisotopic (exact) mass is 373 g/mol. The SMILES string of the molecule is COc1cc2c3c(c1)c(=O)c(C)cn3-c1cc(Br)ccc1S2. The topological polar surface area (TPSA) is 31.2 Å². The van der Waals surface area contributed by atoms with Gasteiger partial charge in [0.15, 0.2) is 5.43 Å². The minimum absolute atomic E-state index is 0.0606. The first-order valence-electron chi connectivity index (χ1n) is 6.80. The molecule has 3 nitrogen and oxygen atoms in total. The largest absolute Gasteiger partial charge is 0.497 e. The summed E-state index contributed by atoms with van der Waals surface area (Å²) in [5, 5.41) is 0.701. The number of hydrogen-bond donors (Lipinski definition) is 0. The van der Waals surface area contributed by atoms with Crippen molar-refractivity contribution in [2.75, 3.05) is 7.11 Å². The third-order valence-electron chi connectivity index (χ3n) is 3.85. The Labute approximate surface area is 140 Å². The molecule has 0 saturated carbocycles. The standard InChI is InChI=1S/C17H12BrNO2S/c1-9-8-19-13-5-10(18)3-4-14(13)22-15-7-11(21-2)6-12(16(15)19)17(9)20/h3-8H,1-2H3. The summed E-state index contributed by atoms with van der Waals surface area (Å²) in [6.07, 6.45) is 1.92. The Balaban J connectivity index is 2.21. The van der Waals surface area contributed by atoms with E-state index >= 15 is 0 Å². The van der Waals surface area contributed by atoms with Crippen LogP contribution in [0.3, 0.4) is 0 Å². The molecule has 0 amide bonds. The predicted molar refractivity (Wildman–Crippen MR) is 92.7 cm³/mol. The van der Waals surface area contributed by atoms with Crippen LogP contribution in [0.1, 0.15) is 5.56 Å². The van der Waals surface area contributed by atoms with Gasteiger partial charge in [-0.15, -0.1) is 0 Å². The average molecular weight is 374 g/mol. The molecule has 0 aliphatic carbocycles. The van der Waals surface area contributed by atoms with Crippen molar-refractivity contribution in [2.24, 2.45) is 0 Å². The van der Waals surface area contributed by atoms with Gasteiger partial charge in [0.05, 0.1) is 23.7 Å². The van der Waals surface area contributed by atoms with Gasteiger partial charge in [-0.3, -0.25) is 4.79 Å². The number of pyridine rings is 1. The molecule has 5 heteroatoms. The number of rotatable bonds is 1. The minimum Gasteiger partial charge on any atom is -0.497 e. The van der Waals surface area contributed by atoms with E-state index in [1.807, 2.05) is 31.3 Å². The number of hydrogen-bond acceptors (Lipinski definition) is 3. The van der Waals surface area contributed by atoms with Gasteiger partial charge in [-0.05, 0) is 37.3 Å². The van der Waals surface area contributed by atoms with E-state index in [-0.39, 0.29) is 5.43 Å². The molecule has 0 radical (unpaired) electrons. The third kappa shape index (κ3) is 1.92. The number of nitrogens with zero attached hydrogens (tertiary/aromatic N) is 1. The maximum absolute atomic E-state index is 12.5. The first kappa shape index (κ1) is 13.9.